The number of nitrogens with zero attached hydrogens (tertiary/aromatic N) is 3. The molecule has 0 bridgehead atoms. The predicted molar refractivity (Wildman–Crippen MR) is 97.8 cm³/mol. The second kappa shape index (κ2) is 9.93. The number of likely N-dealkylation sites (tertiary alicyclic amines) is 1. The monoisotopic (exact) mass is 335 g/mol. The fourth-order valence-electron chi connectivity index (χ4n) is 2.96. The van der Waals surface area contributed by atoms with Crippen LogP contribution in [-0.4, -0.2) is 64.9 Å². The average Bonchev–Trinajstić information content (AvgIpc) is 2.61. The van der Waals surface area contributed by atoms with Crippen LogP contribution in [0.5, 0.6) is 0 Å². The van der Waals surface area contributed by atoms with E-state index < -0.39 is 0 Å². The fraction of sp³-hybridized carbons (Fsp3) is 0.667. The molecule has 4 nitrogen and oxygen atoms in total. The molecule has 1 amide bonds. The molecule has 1 aliphatic rings. The minimum Gasteiger partial charge on any atom is -0.342 e. The number of amides is 1. The van der Waals surface area contributed by atoms with Crippen molar-refractivity contribution in [1.82, 2.24) is 14.8 Å². The molecule has 1 aliphatic heterocycles. The van der Waals surface area contributed by atoms with Gasteiger partial charge in [0.05, 0.1) is 5.75 Å². The third-order valence-electron chi connectivity index (χ3n) is 4.48. The largest absolute Gasteiger partial charge is 0.342 e. The first-order valence-corrected chi connectivity index (χ1v) is 9.82. The number of piperidine rings is 1. The number of carbonyl (C=O) groups is 1. The number of rotatable bonds is 8. The zero-order chi connectivity index (χ0) is 16.5. The zero-order valence-corrected chi connectivity index (χ0v) is 15.2. The SMILES string of the molecule is CCCSCC(=O)N(C)C1CCN(CCc2ccccn2)CC1. The van der Waals surface area contributed by atoms with Gasteiger partial charge in [-0.1, -0.05) is 13.0 Å². The van der Waals surface area contributed by atoms with Gasteiger partial charge in [-0.3, -0.25) is 9.78 Å². The van der Waals surface area contributed by atoms with E-state index >= 15 is 0 Å². The third-order valence-corrected chi connectivity index (χ3v) is 5.63. The van der Waals surface area contributed by atoms with Gasteiger partial charge in [0.1, 0.15) is 0 Å². The molecule has 5 heteroatoms. The molecule has 0 unspecified atom stereocenters. The number of carbonyl (C=O) groups excluding carboxylic acids is 1. The number of thioether (sulfide) groups is 1. The Morgan fingerprint density at radius 2 is 2.17 bits per heavy atom. The van der Waals surface area contributed by atoms with Crippen LogP contribution < -0.4 is 0 Å². The van der Waals surface area contributed by atoms with Crippen molar-refractivity contribution >= 4 is 17.7 Å². The van der Waals surface area contributed by atoms with Crippen LogP contribution in [0.3, 0.4) is 0 Å². The molecular formula is C18H29N3OS. The summed E-state index contributed by atoms with van der Waals surface area (Å²) in [6, 6.07) is 6.51. The Hall–Kier alpha value is -1.07. The van der Waals surface area contributed by atoms with Crippen LogP contribution >= 0.6 is 11.8 Å². The number of pyridine rings is 1. The predicted octanol–water partition coefficient (Wildman–Crippen LogP) is 2.69. The molecular weight excluding hydrogens is 306 g/mol. The van der Waals surface area contributed by atoms with Gasteiger partial charge in [0, 0.05) is 51.0 Å². The Balaban J connectivity index is 1.67. The van der Waals surface area contributed by atoms with Crippen molar-refractivity contribution in [3.63, 3.8) is 0 Å². The highest BCUT2D eigenvalue weighted by molar-refractivity contribution is 7.99. The maximum Gasteiger partial charge on any atom is 0.232 e. The van der Waals surface area contributed by atoms with Crippen molar-refractivity contribution in [2.24, 2.45) is 0 Å². The van der Waals surface area contributed by atoms with Crippen LogP contribution in [0.15, 0.2) is 24.4 Å². The summed E-state index contributed by atoms with van der Waals surface area (Å²) in [6.45, 7) is 5.38. The molecule has 2 rings (SSSR count). The second-order valence-corrected chi connectivity index (χ2v) is 7.31. The molecule has 128 valence electrons. The first-order chi connectivity index (χ1) is 11.2. The van der Waals surface area contributed by atoms with E-state index in [1.54, 1.807) is 11.8 Å². The molecule has 1 aromatic rings. The van der Waals surface area contributed by atoms with E-state index in [9.17, 15) is 4.79 Å². The van der Waals surface area contributed by atoms with E-state index in [-0.39, 0.29) is 5.91 Å². The maximum absolute atomic E-state index is 12.2. The van der Waals surface area contributed by atoms with Crippen molar-refractivity contribution in [2.45, 2.75) is 38.6 Å². The van der Waals surface area contributed by atoms with Crippen molar-refractivity contribution in [3.8, 4) is 0 Å². The van der Waals surface area contributed by atoms with Crippen molar-refractivity contribution in [2.75, 3.05) is 38.2 Å². The topological polar surface area (TPSA) is 36.4 Å². The van der Waals surface area contributed by atoms with Gasteiger partial charge >= 0.3 is 0 Å². The van der Waals surface area contributed by atoms with Crippen LogP contribution in [0, 0.1) is 0 Å². The minimum atomic E-state index is 0.287. The number of aromatic nitrogens is 1. The van der Waals surface area contributed by atoms with Gasteiger partial charge in [-0.05, 0) is 37.1 Å². The summed E-state index contributed by atoms with van der Waals surface area (Å²) in [4.78, 5) is 21.1. The Labute approximate surface area is 144 Å². The molecule has 0 atom stereocenters. The molecule has 0 aromatic carbocycles. The van der Waals surface area contributed by atoms with Crippen molar-refractivity contribution in [1.29, 1.82) is 0 Å². The van der Waals surface area contributed by atoms with Crippen LogP contribution in [0.2, 0.25) is 0 Å². The van der Waals surface area contributed by atoms with Crippen LogP contribution in [0.25, 0.3) is 0 Å². The van der Waals surface area contributed by atoms with Crippen molar-refractivity contribution in [3.05, 3.63) is 30.1 Å². The van der Waals surface area contributed by atoms with Gasteiger partial charge in [-0.25, -0.2) is 0 Å². The molecule has 0 spiro atoms. The molecule has 1 saturated heterocycles. The molecule has 0 radical (unpaired) electrons. The molecule has 2 heterocycles. The third kappa shape index (κ3) is 6.15. The van der Waals surface area contributed by atoms with Gasteiger partial charge in [-0.15, -0.1) is 0 Å². The molecule has 1 fully saturated rings. The minimum absolute atomic E-state index is 0.287. The van der Waals surface area contributed by atoms with Gasteiger partial charge < -0.3 is 9.80 Å². The van der Waals surface area contributed by atoms with E-state index in [1.165, 1.54) is 0 Å². The Bertz CT molecular complexity index is 461. The summed E-state index contributed by atoms with van der Waals surface area (Å²) < 4.78 is 0. The summed E-state index contributed by atoms with van der Waals surface area (Å²) in [6.07, 6.45) is 6.18. The summed E-state index contributed by atoms with van der Waals surface area (Å²) >= 11 is 1.75. The Kier molecular flexibility index (Phi) is 7.89. The highest BCUT2D eigenvalue weighted by atomic mass is 32.2. The molecule has 1 aromatic heterocycles. The summed E-state index contributed by atoms with van der Waals surface area (Å²) in [7, 11) is 1.98. The number of hydrogen-bond donors (Lipinski definition) is 0. The lowest BCUT2D eigenvalue weighted by atomic mass is 10.0. The summed E-state index contributed by atoms with van der Waals surface area (Å²) in [5.74, 6) is 1.99. The second-order valence-electron chi connectivity index (χ2n) is 6.20. The van der Waals surface area contributed by atoms with Gasteiger partial charge in [0.2, 0.25) is 5.91 Å². The Morgan fingerprint density at radius 3 is 2.83 bits per heavy atom. The normalized spacial score (nSPS) is 16.4. The van der Waals surface area contributed by atoms with Crippen LogP contribution in [-0.2, 0) is 11.2 Å². The first kappa shape index (κ1) is 18.3. The van der Waals surface area contributed by atoms with E-state index in [4.69, 9.17) is 0 Å². The molecule has 0 saturated carbocycles. The molecule has 23 heavy (non-hydrogen) atoms. The molecule has 0 N–H and O–H groups in total. The fourth-order valence-corrected chi connectivity index (χ4v) is 3.77. The first-order valence-electron chi connectivity index (χ1n) is 8.66. The Morgan fingerprint density at radius 1 is 1.39 bits per heavy atom. The lowest BCUT2D eigenvalue weighted by Gasteiger charge is -2.36. The highest BCUT2D eigenvalue weighted by Crippen LogP contribution is 2.17. The van der Waals surface area contributed by atoms with Crippen LogP contribution in [0.1, 0.15) is 31.9 Å². The summed E-state index contributed by atoms with van der Waals surface area (Å²) in [5.41, 5.74) is 1.16. The highest BCUT2D eigenvalue weighted by Gasteiger charge is 2.24. The lowest BCUT2D eigenvalue weighted by Crippen LogP contribution is -2.46. The van der Waals surface area contributed by atoms with E-state index in [0.717, 1.165) is 56.8 Å². The van der Waals surface area contributed by atoms with Crippen molar-refractivity contribution < 1.29 is 4.79 Å². The average molecular weight is 336 g/mol. The summed E-state index contributed by atoms with van der Waals surface area (Å²) in [5, 5.41) is 0. The zero-order valence-electron chi connectivity index (χ0n) is 14.4. The molecule has 0 aliphatic carbocycles. The standard InChI is InChI=1S/C18H29N3OS/c1-3-14-23-15-18(22)20(2)17-8-12-21(13-9-17)11-7-16-6-4-5-10-19-16/h4-6,10,17H,3,7-9,11-15H2,1-2H3. The number of hydrogen-bond acceptors (Lipinski definition) is 4. The van der Waals surface area contributed by atoms with E-state index in [1.807, 2.05) is 30.3 Å². The van der Waals surface area contributed by atoms with Gasteiger partial charge in [-0.2, -0.15) is 11.8 Å². The van der Waals surface area contributed by atoms with Gasteiger partial charge in [0.25, 0.3) is 0 Å². The van der Waals surface area contributed by atoms with Gasteiger partial charge in [0.15, 0.2) is 0 Å². The quantitative estimate of drug-likeness (QED) is 0.685. The van der Waals surface area contributed by atoms with E-state index in [0.29, 0.717) is 11.8 Å². The smallest absolute Gasteiger partial charge is 0.232 e. The van der Waals surface area contributed by atoms with E-state index in [2.05, 4.69) is 22.9 Å². The van der Waals surface area contributed by atoms with Crippen LogP contribution in [0.4, 0.5) is 0 Å². The lowest BCUT2D eigenvalue weighted by molar-refractivity contribution is -0.129. The maximum atomic E-state index is 12.2.